The van der Waals surface area contributed by atoms with Crippen molar-refractivity contribution < 1.29 is 90.1 Å². The minimum Gasteiger partial charge on any atom is -0.457 e. The summed E-state index contributed by atoms with van der Waals surface area (Å²) in [5, 5.41) is 0. The summed E-state index contributed by atoms with van der Waals surface area (Å²) in [4.78, 5) is 25.9. The molecule has 0 N–H and O–H groups in total. The molecular formula is C82H118O19. The fourth-order valence-electron chi connectivity index (χ4n) is 15.7. The Morgan fingerprint density at radius 2 is 0.624 bits per heavy atom. The van der Waals surface area contributed by atoms with Crippen LogP contribution in [0.1, 0.15) is 152 Å². The van der Waals surface area contributed by atoms with Crippen LogP contribution in [0.15, 0.2) is 121 Å². The number of hydrogen-bond donors (Lipinski definition) is 0. The van der Waals surface area contributed by atoms with E-state index in [-0.39, 0.29) is 97.3 Å². The zero-order chi connectivity index (χ0) is 72.0. The summed E-state index contributed by atoms with van der Waals surface area (Å²) in [6.07, 6.45) is -10.2. The summed E-state index contributed by atoms with van der Waals surface area (Å²) in [6, 6.07) is 40.2. The lowest BCUT2D eigenvalue weighted by Crippen LogP contribution is -2.63. The molecule has 6 aliphatic heterocycles. The molecule has 6 aliphatic rings. The molecule has 6 saturated heterocycles. The lowest BCUT2D eigenvalue weighted by Gasteiger charge is -2.52. The summed E-state index contributed by atoms with van der Waals surface area (Å²) in [5.41, 5.74) is 4.07. The Labute approximate surface area is 601 Å². The van der Waals surface area contributed by atoms with E-state index in [2.05, 4.69) is 96.9 Å². The van der Waals surface area contributed by atoms with Gasteiger partial charge in [0.25, 0.3) is 0 Å². The average molecular weight is 1410 g/mol. The molecule has 0 bridgehead atoms. The van der Waals surface area contributed by atoms with E-state index in [1.54, 1.807) is 0 Å². The van der Waals surface area contributed by atoms with Crippen molar-refractivity contribution in [1.82, 2.24) is 0 Å². The number of rotatable bonds is 30. The molecule has 0 amide bonds. The highest BCUT2D eigenvalue weighted by Gasteiger charge is 2.56. The predicted octanol–water partition coefficient (Wildman–Crippen LogP) is 14.2. The van der Waals surface area contributed by atoms with E-state index >= 15 is 0 Å². The standard InChI is InChI=1S/C82H118O19/c1-17-64-47(4)50(7)73(101-78-56(13)54(11)70(66(19-3)94-78)98-81-75(91-59(16)84)52(9)49(6)67(95-81)44-85-40-60-32-24-20-25-33-60)79(92-64)89-46-68-57(14)72(100-80-74(90-58(15)83)51(8)48(5)65(18-2)93-80)76(87-42-62-36-28-22-29-37-62)82(96-68)99-71-53(10)55(12)77(88-43-63-38-30-23-31-39-63)97-69(71)45-86-41-61-34-26-21-27-35-61/h20-39,47-57,64-82H,17-19,40-46H2,1-16H3/t47-,48+,49+,50-,51+,52-,53+,54+,55?,56?,57+,64?,65?,66?,67?,68?,69?,70-,71-,72-,73?,74?,75?,76?,77+,78-,79-,80-,81-,82-/m0/s1. The van der Waals surface area contributed by atoms with Crippen molar-refractivity contribution in [3.8, 4) is 0 Å². The van der Waals surface area contributed by atoms with Crippen LogP contribution in [0.3, 0.4) is 0 Å². The van der Waals surface area contributed by atoms with E-state index in [4.69, 9.17) is 80.5 Å². The predicted molar refractivity (Wildman–Crippen MR) is 379 cm³/mol. The van der Waals surface area contributed by atoms with Crippen molar-refractivity contribution in [2.45, 2.75) is 274 Å². The van der Waals surface area contributed by atoms with Gasteiger partial charge in [-0.2, -0.15) is 0 Å². The second kappa shape index (κ2) is 37.5. The van der Waals surface area contributed by atoms with Crippen LogP contribution < -0.4 is 0 Å². The average Bonchev–Trinajstić information content (AvgIpc) is 0.774. The third kappa shape index (κ3) is 19.8. The maximum atomic E-state index is 13.1. The zero-order valence-electron chi connectivity index (χ0n) is 62.7. The van der Waals surface area contributed by atoms with E-state index in [0.29, 0.717) is 32.8 Å². The van der Waals surface area contributed by atoms with Gasteiger partial charge in [-0.25, -0.2) is 0 Å². The second-order valence-corrected chi connectivity index (χ2v) is 29.9. The van der Waals surface area contributed by atoms with Crippen LogP contribution in [-0.2, 0) is 117 Å². The van der Waals surface area contributed by atoms with Gasteiger partial charge in [-0.3, -0.25) is 9.59 Å². The minimum absolute atomic E-state index is 0.000937. The molecule has 101 heavy (non-hydrogen) atoms. The quantitative estimate of drug-likeness (QED) is 0.0447. The van der Waals surface area contributed by atoms with Gasteiger partial charge in [-0.05, 0) is 77.0 Å². The van der Waals surface area contributed by atoms with Crippen molar-refractivity contribution in [3.63, 3.8) is 0 Å². The van der Waals surface area contributed by atoms with Crippen LogP contribution in [0.5, 0.6) is 0 Å². The summed E-state index contributed by atoms with van der Waals surface area (Å²) >= 11 is 0. The third-order valence-electron chi connectivity index (χ3n) is 23.2. The Bertz CT molecular complexity index is 3080. The van der Waals surface area contributed by atoms with Gasteiger partial charge >= 0.3 is 11.9 Å². The van der Waals surface area contributed by atoms with Gasteiger partial charge in [0.1, 0.15) is 18.3 Å². The molecule has 0 radical (unpaired) electrons. The van der Waals surface area contributed by atoms with Gasteiger partial charge in [-0.1, -0.05) is 218 Å². The first-order valence-electron chi connectivity index (χ1n) is 37.7. The van der Waals surface area contributed by atoms with E-state index in [1.807, 2.05) is 121 Å². The molecule has 0 aliphatic carbocycles. The van der Waals surface area contributed by atoms with Gasteiger partial charge in [0.15, 0.2) is 49.9 Å². The number of carbonyl (C=O) groups excluding carboxylic acids is 2. The Balaban J connectivity index is 0.937. The molecule has 0 aromatic heterocycles. The lowest BCUT2D eigenvalue weighted by atomic mass is 9.81. The first-order chi connectivity index (χ1) is 48.7. The molecule has 19 nitrogen and oxygen atoms in total. The molecule has 4 aromatic carbocycles. The lowest BCUT2D eigenvalue weighted by molar-refractivity contribution is -0.380. The van der Waals surface area contributed by atoms with E-state index in [0.717, 1.165) is 35.1 Å². The molecule has 19 heteroatoms. The number of carbonyl (C=O) groups is 2. The monoisotopic (exact) mass is 1410 g/mol. The largest absolute Gasteiger partial charge is 0.457 e. The van der Waals surface area contributed by atoms with E-state index in [1.165, 1.54) is 13.8 Å². The van der Waals surface area contributed by atoms with Crippen molar-refractivity contribution in [3.05, 3.63) is 144 Å². The van der Waals surface area contributed by atoms with Crippen molar-refractivity contribution in [2.75, 3.05) is 19.8 Å². The van der Waals surface area contributed by atoms with Crippen LogP contribution in [0, 0.1) is 65.1 Å². The van der Waals surface area contributed by atoms with Crippen LogP contribution in [0.25, 0.3) is 0 Å². The third-order valence-corrected chi connectivity index (χ3v) is 23.2. The Kier molecular flexibility index (Phi) is 29.2. The maximum absolute atomic E-state index is 13.1. The highest BCUT2D eigenvalue weighted by atomic mass is 16.8. The topological polar surface area (TPSA) is 191 Å². The van der Waals surface area contributed by atoms with Gasteiger partial charge in [0, 0.05) is 43.4 Å². The fraction of sp³-hybridized carbons (Fsp3) is 0.683. The summed E-state index contributed by atoms with van der Waals surface area (Å²) in [5.74, 6) is -2.04. The fourth-order valence-corrected chi connectivity index (χ4v) is 15.7. The highest BCUT2D eigenvalue weighted by Crippen LogP contribution is 2.46. The highest BCUT2D eigenvalue weighted by molar-refractivity contribution is 5.66. The molecule has 12 unspecified atom stereocenters. The smallest absolute Gasteiger partial charge is 0.303 e. The Morgan fingerprint density at radius 3 is 1.10 bits per heavy atom. The molecule has 6 fully saturated rings. The van der Waals surface area contributed by atoms with Crippen molar-refractivity contribution >= 4 is 11.9 Å². The first-order valence-corrected chi connectivity index (χ1v) is 37.7. The Hall–Kier alpha value is -4.78. The molecule has 10 rings (SSSR count). The molecule has 4 aromatic rings. The zero-order valence-corrected chi connectivity index (χ0v) is 62.7. The second-order valence-electron chi connectivity index (χ2n) is 29.9. The Morgan fingerprint density at radius 1 is 0.287 bits per heavy atom. The SMILES string of the molecule is CCC1O[C@H](OCC2O[C@@H](O[C@@H]3C(COCc4ccccc4)O[C@@H](OCc4ccccc4)C(C)[C@H]3C)C(OCc3ccccc3)[C@@H](O[C@@H]3OC(CC)[C@H](C)[C@@H](C)C3OC(C)=O)[C@@H]2C)C(O[C@@H]2OC(CC)[C@@H](O[C@@H]3OC(COCc4ccccc4)[C@H](C)[C@H](C)C3OC(C)=O)[C@H](C)C2C)[C@@H](C)[C@@H]1C. The summed E-state index contributed by atoms with van der Waals surface area (Å²) in [7, 11) is 0. The van der Waals surface area contributed by atoms with E-state index in [9.17, 15) is 9.59 Å². The van der Waals surface area contributed by atoms with Crippen LogP contribution in [0.4, 0.5) is 0 Å². The number of esters is 2. The maximum Gasteiger partial charge on any atom is 0.303 e. The number of hydrogen-bond acceptors (Lipinski definition) is 19. The molecular weight excluding hydrogens is 1290 g/mol. The van der Waals surface area contributed by atoms with Crippen LogP contribution >= 0.6 is 0 Å². The minimum atomic E-state index is -1.10. The molecule has 0 saturated carbocycles. The number of benzene rings is 4. The molecule has 30 atom stereocenters. The first kappa shape index (κ1) is 78.8. The van der Waals surface area contributed by atoms with Gasteiger partial charge in [-0.15, -0.1) is 0 Å². The molecule has 0 spiro atoms. The normalized spacial score (nSPS) is 39.1. The molecule has 6 heterocycles. The van der Waals surface area contributed by atoms with Crippen LogP contribution in [-0.4, -0.2) is 149 Å². The van der Waals surface area contributed by atoms with Gasteiger partial charge < -0.3 is 80.5 Å². The van der Waals surface area contributed by atoms with E-state index < -0.39 is 117 Å². The van der Waals surface area contributed by atoms with Crippen molar-refractivity contribution in [2.24, 2.45) is 65.1 Å². The van der Waals surface area contributed by atoms with Crippen molar-refractivity contribution in [1.29, 1.82) is 0 Å². The van der Waals surface area contributed by atoms with Gasteiger partial charge in [0.2, 0.25) is 0 Å². The van der Waals surface area contributed by atoms with Crippen LogP contribution in [0.2, 0.25) is 0 Å². The summed E-state index contributed by atoms with van der Waals surface area (Å²) in [6.45, 7) is 34.6. The van der Waals surface area contributed by atoms with Gasteiger partial charge in [0.05, 0.1) is 95.1 Å². The number of ether oxygens (including phenoxy) is 17. The molecule has 560 valence electrons. The summed E-state index contributed by atoms with van der Waals surface area (Å²) < 4.78 is 118.